The molecule has 0 radical (unpaired) electrons. The molecule has 0 saturated carbocycles. The lowest BCUT2D eigenvalue weighted by molar-refractivity contribution is -0.137. The van der Waals surface area contributed by atoms with Gasteiger partial charge in [-0.05, 0) is 29.5 Å². The summed E-state index contributed by atoms with van der Waals surface area (Å²) in [5.41, 5.74) is 3.54. The van der Waals surface area contributed by atoms with E-state index in [0.29, 0.717) is 39.0 Å². The third-order valence-electron chi connectivity index (χ3n) is 5.91. The highest BCUT2D eigenvalue weighted by Gasteiger charge is 2.35. The molecule has 28 heavy (non-hydrogen) atoms. The fourth-order valence-corrected chi connectivity index (χ4v) is 5.25. The minimum Gasteiger partial charge on any atom is -0.337 e. The molecule has 2 aromatic rings. The lowest BCUT2D eigenvalue weighted by atomic mass is 9.85. The van der Waals surface area contributed by atoms with Crippen molar-refractivity contribution < 1.29 is 13.2 Å². The van der Waals surface area contributed by atoms with Crippen molar-refractivity contribution >= 4 is 15.9 Å². The second kappa shape index (κ2) is 7.33. The molecule has 2 aliphatic heterocycles. The highest BCUT2D eigenvalue weighted by Crippen LogP contribution is 2.34. The second-order valence-corrected chi connectivity index (χ2v) is 9.84. The van der Waals surface area contributed by atoms with Gasteiger partial charge >= 0.3 is 0 Å². The van der Waals surface area contributed by atoms with Crippen LogP contribution in [0.2, 0.25) is 0 Å². The number of aryl methyl sites for hydroxylation is 1. The number of aromatic nitrogens is 2. The van der Waals surface area contributed by atoms with Gasteiger partial charge in [0.2, 0.25) is 15.9 Å². The van der Waals surface area contributed by atoms with E-state index < -0.39 is 10.0 Å². The molecule has 0 unspecified atom stereocenters. The van der Waals surface area contributed by atoms with Gasteiger partial charge in [0.1, 0.15) is 0 Å². The van der Waals surface area contributed by atoms with Gasteiger partial charge < -0.3 is 4.90 Å². The van der Waals surface area contributed by atoms with Crippen molar-refractivity contribution in [1.82, 2.24) is 19.0 Å². The maximum absolute atomic E-state index is 13.2. The highest BCUT2D eigenvalue weighted by atomic mass is 32.2. The lowest BCUT2D eigenvalue weighted by Gasteiger charge is -2.38. The molecule has 150 valence electrons. The summed E-state index contributed by atoms with van der Waals surface area (Å²) in [5.74, 6) is 0.132. The molecular weight excluding hydrogens is 376 g/mol. The van der Waals surface area contributed by atoms with Crippen LogP contribution in [0.1, 0.15) is 35.4 Å². The van der Waals surface area contributed by atoms with Crippen molar-refractivity contribution in [3.63, 3.8) is 0 Å². The maximum atomic E-state index is 13.2. The van der Waals surface area contributed by atoms with Crippen molar-refractivity contribution in [3.8, 4) is 0 Å². The molecule has 0 bridgehead atoms. The summed E-state index contributed by atoms with van der Waals surface area (Å²) in [5, 5.41) is 4.31. The Balaban J connectivity index is 1.54. The van der Waals surface area contributed by atoms with Crippen LogP contribution in [0.3, 0.4) is 0 Å². The first-order valence-corrected chi connectivity index (χ1v) is 11.5. The predicted molar refractivity (Wildman–Crippen MR) is 106 cm³/mol. The summed E-state index contributed by atoms with van der Waals surface area (Å²) in [6, 6.07) is 8.28. The van der Waals surface area contributed by atoms with E-state index in [4.69, 9.17) is 0 Å². The van der Waals surface area contributed by atoms with Crippen molar-refractivity contribution in [2.45, 2.75) is 25.3 Å². The zero-order valence-corrected chi connectivity index (χ0v) is 17.1. The van der Waals surface area contributed by atoms with Gasteiger partial charge in [-0.2, -0.15) is 5.10 Å². The number of benzene rings is 1. The zero-order valence-electron chi connectivity index (χ0n) is 16.3. The first kappa shape index (κ1) is 19.1. The van der Waals surface area contributed by atoms with Gasteiger partial charge in [-0.25, -0.2) is 12.7 Å². The van der Waals surface area contributed by atoms with E-state index in [1.165, 1.54) is 21.7 Å². The number of piperidine rings is 1. The Labute approximate surface area is 166 Å². The molecule has 8 heteroatoms. The number of rotatable bonds is 3. The third kappa shape index (κ3) is 3.71. The molecule has 2 aliphatic rings. The van der Waals surface area contributed by atoms with Crippen LogP contribution in [-0.4, -0.2) is 59.2 Å². The van der Waals surface area contributed by atoms with E-state index in [1.807, 2.05) is 36.5 Å². The van der Waals surface area contributed by atoms with Gasteiger partial charge in [0, 0.05) is 51.3 Å². The van der Waals surface area contributed by atoms with Crippen LogP contribution in [0.25, 0.3) is 0 Å². The first-order valence-electron chi connectivity index (χ1n) is 9.63. The van der Waals surface area contributed by atoms with Crippen molar-refractivity contribution in [2.24, 2.45) is 13.0 Å². The number of fused-ring (bicyclic) bond motifs is 1. The molecule has 0 spiro atoms. The smallest absolute Gasteiger partial charge is 0.226 e. The van der Waals surface area contributed by atoms with Crippen molar-refractivity contribution in [3.05, 3.63) is 53.3 Å². The van der Waals surface area contributed by atoms with Crippen molar-refractivity contribution in [2.75, 3.05) is 25.9 Å². The van der Waals surface area contributed by atoms with Crippen molar-refractivity contribution in [1.29, 1.82) is 0 Å². The minimum atomic E-state index is -3.18. The summed E-state index contributed by atoms with van der Waals surface area (Å²) >= 11 is 0. The number of carbonyl (C=O) groups excluding carboxylic acids is 1. The predicted octanol–water partition coefficient (Wildman–Crippen LogP) is 1.57. The fraction of sp³-hybridized carbons (Fsp3) is 0.500. The summed E-state index contributed by atoms with van der Waals surface area (Å²) in [6.07, 6.45) is 6.29. The maximum Gasteiger partial charge on any atom is 0.226 e. The van der Waals surface area contributed by atoms with Crippen LogP contribution in [0.15, 0.2) is 36.7 Å². The summed E-state index contributed by atoms with van der Waals surface area (Å²) in [7, 11) is -1.28. The molecular formula is C20H26N4O3S. The molecule has 1 atom stereocenters. The lowest BCUT2D eigenvalue weighted by Crippen LogP contribution is -2.46. The summed E-state index contributed by atoms with van der Waals surface area (Å²) < 4.78 is 26.7. The highest BCUT2D eigenvalue weighted by molar-refractivity contribution is 7.88. The van der Waals surface area contributed by atoms with Crippen LogP contribution in [0.4, 0.5) is 0 Å². The number of carbonyl (C=O) groups is 1. The average Bonchev–Trinajstić information content (AvgIpc) is 3.12. The van der Waals surface area contributed by atoms with Gasteiger partial charge in [-0.1, -0.05) is 24.3 Å². The van der Waals surface area contributed by atoms with E-state index in [-0.39, 0.29) is 17.7 Å². The van der Waals surface area contributed by atoms with E-state index in [1.54, 1.807) is 4.68 Å². The Bertz CT molecular complexity index is 977. The standard InChI is InChI=1S/C20H26N4O3S/c1-22-12-17(11-21-22)19-14-23(13-16-5-3-4-6-18(16)19)20(25)15-7-9-24(10-8-15)28(2,26)27/h3-6,11-12,15,19H,7-10,13-14H2,1-2H3/t19-/m0/s1. The van der Waals surface area contributed by atoms with Crippen LogP contribution >= 0.6 is 0 Å². The normalized spacial score (nSPS) is 21.5. The Hall–Kier alpha value is -2.19. The molecule has 1 fully saturated rings. The van der Waals surface area contributed by atoms with Gasteiger partial charge in [-0.15, -0.1) is 0 Å². The van der Waals surface area contributed by atoms with Gasteiger partial charge in [-0.3, -0.25) is 9.48 Å². The van der Waals surface area contributed by atoms with Gasteiger partial charge in [0.05, 0.1) is 12.5 Å². The largest absolute Gasteiger partial charge is 0.337 e. The molecule has 1 amide bonds. The molecule has 0 aliphatic carbocycles. The Morgan fingerprint density at radius 2 is 1.89 bits per heavy atom. The Morgan fingerprint density at radius 1 is 1.18 bits per heavy atom. The molecule has 0 N–H and O–H groups in total. The molecule has 7 nitrogen and oxygen atoms in total. The number of sulfonamides is 1. The molecule has 1 aromatic carbocycles. The Kier molecular flexibility index (Phi) is 5.01. The summed E-state index contributed by atoms with van der Waals surface area (Å²) in [4.78, 5) is 15.2. The Morgan fingerprint density at radius 3 is 2.54 bits per heavy atom. The second-order valence-electron chi connectivity index (χ2n) is 7.85. The number of hydrogen-bond acceptors (Lipinski definition) is 4. The SMILES string of the molecule is Cn1cc([C@@H]2CN(C(=O)C3CCN(S(C)(=O)=O)CC3)Cc3ccccc32)cn1. The van der Waals surface area contributed by atoms with Crippen LogP contribution in [0, 0.1) is 5.92 Å². The van der Waals surface area contributed by atoms with E-state index >= 15 is 0 Å². The fourth-order valence-electron chi connectivity index (χ4n) is 4.37. The molecule has 1 aromatic heterocycles. The number of nitrogens with zero attached hydrogens (tertiary/aromatic N) is 4. The molecule has 3 heterocycles. The average molecular weight is 403 g/mol. The quantitative estimate of drug-likeness (QED) is 0.781. The van der Waals surface area contributed by atoms with Crippen LogP contribution in [-0.2, 0) is 28.4 Å². The minimum absolute atomic E-state index is 0.110. The van der Waals surface area contributed by atoms with Crippen LogP contribution in [0.5, 0.6) is 0 Å². The summed E-state index contributed by atoms with van der Waals surface area (Å²) in [6.45, 7) is 2.09. The monoisotopic (exact) mass is 402 g/mol. The van der Waals surface area contributed by atoms with E-state index in [9.17, 15) is 13.2 Å². The first-order chi connectivity index (χ1) is 13.3. The molecule has 4 rings (SSSR count). The van der Waals surface area contributed by atoms with E-state index in [0.717, 1.165) is 5.56 Å². The zero-order chi connectivity index (χ0) is 19.9. The van der Waals surface area contributed by atoms with Crippen LogP contribution < -0.4 is 0 Å². The van der Waals surface area contributed by atoms with E-state index in [2.05, 4.69) is 17.2 Å². The number of hydrogen-bond donors (Lipinski definition) is 0. The molecule has 1 saturated heterocycles. The van der Waals surface area contributed by atoms with Gasteiger partial charge in [0.25, 0.3) is 0 Å². The van der Waals surface area contributed by atoms with Gasteiger partial charge in [0.15, 0.2) is 0 Å². The number of amides is 1. The third-order valence-corrected chi connectivity index (χ3v) is 7.21. The topological polar surface area (TPSA) is 75.5 Å².